The second kappa shape index (κ2) is 12.2. The standard InChI is InChI=1S/C19H34N4O2.HI/c1-8-20-18(22-14-19(2,3)23(4)5)21-12-11-15-9-10-16(24-6)17(13-15)25-7;/h9-10,13H,8,11-12,14H2,1-7H3,(H2,20,21,22);1H. The Balaban J connectivity index is 0.00000625. The molecule has 0 aliphatic carbocycles. The van der Waals surface area contributed by atoms with Gasteiger partial charge in [-0.25, -0.2) is 0 Å². The van der Waals surface area contributed by atoms with Gasteiger partial charge in [0.05, 0.1) is 20.8 Å². The van der Waals surface area contributed by atoms with E-state index >= 15 is 0 Å². The lowest BCUT2D eigenvalue weighted by Crippen LogP contribution is -2.44. The maximum absolute atomic E-state index is 5.36. The number of hydrogen-bond donors (Lipinski definition) is 2. The van der Waals surface area contributed by atoms with Crippen molar-refractivity contribution >= 4 is 29.9 Å². The van der Waals surface area contributed by atoms with Gasteiger partial charge in [-0.2, -0.15) is 0 Å². The number of methoxy groups -OCH3 is 2. The lowest BCUT2D eigenvalue weighted by molar-refractivity contribution is 0.204. The van der Waals surface area contributed by atoms with Crippen molar-refractivity contribution in [3.63, 3.8) is 0 Å². The molecule has 0 saturated heterocycles. The summed E-state index contributed by atoms with van der Waals surface area (Å²) in [4.78, 5) is 6.89. The van der Waals surface area contributed by atoms with Crippen molar-refractivity contribution in [3.05, 3.63) is 23.8 Å². The van der Waals surface area contributed by atoms with Crippen molar-refractivity contribution in [1.82, 2.24) is 15.5 Å². The Morgan fingerprint density at radius 1 is 1.12 bits per heavy atom. The smallest absolute Gasteiger partial charge is 0.191 e. The molecule has 1 aromatic carbocycles. The number of benzene rings is 1. The summed E-state index contributed by atoms with van der Waals surface area (Å²) in [6, 6.07) is 6.01. The molecule has 150 valence electrons. The average Bonchev–Trinajstić information content (AvgIpc) is 2.59. The molecule has 1 rings (SSSR count). The average molecular weight is 478 g/mol. The van der Waals surface area contributed by atoms with Gasteiger partial charge < -0.3 is 25.0 Å². The van der Waals surface area contributed by atoms with Crippen molar-refractivity contribution in [2.24, 2.45) is 4.99 Å². The van der Waals surface area contributed by atoms with Crippen LogP contribution in [0.5, 0.6) is 11.5 Å². The van der Waals surface area contributed by atoms with Gasteiger partial charge in [-0.15, -0.1) is 24.0 Å². The SMILES string of the molecule is CCNC(=NCC(C)(C)N(C)C)NCCc1ccc(OC)c(OC)c1.I. The molecular weight excluding hydrogens is 443 g/mol. The Hall–Kier alpha value is -1.22. The van der Waals surface area contributed by atoms with Gasteiger partial charge in [0.1, 0.15) is 0 Å². The molecule has 0 bridgehead atoms. The van der Waals surface area contributed by atoms with Gasteiger partial charge in [-0.3, -0.25) is 4.99 Å². The molecule has 0 saturated carbocycles. The third-order valence-corrected chi connectivity index (χ3v) is 4.33. The molecule has 26 heavy (non-hydrogen) atoms. The van der Waals surface area contributed by atoms with E-state index in [1.807, 2.05) is 12.1 Å². The van der Waals surface area contributed by atoms with Crippen molar-refractivity contribution in [2.45, 2.75) is 32.7 Å². The fourth-order valence-electron chi connectivity index (χ4n) is 2.12. The molecule has 0 amide bonds. The molecule has 1 aromatic rings. The highest BCUT2D eigenvalue weighted by Crippen LogP contribution is 2.27. The van der Waals surface area contributed by atoms with Gasteiger partial charge in [0.25, 0.3) is 0 Å². The summed E-state index contributed by atoms with van der Waals surface area (Å²) < 4.78 is 10.6. The van der Waals surface area contributed by atoms with Gasteiger partial charge >= 0.3 is 0 Å². The minimum Gasteiger partial charge on any atom is -0.493 e. The van der Waals surface area contributed by atoms with Crippen LogP contribution in [-0.4, -0.2) is 64.3 Å². The molecule has 0 aromatic heterocycles. The fraction of sp³-hybridized carbons (Fsp3) is 0.632. The number of rotatable bonds is 9. The van der Waals surface area contributed by atoms with E-state index in [-0.39, 0.29) is 29.5 Å². The number of guanidine groups is 1. The summed E-state index contributed by atoms with van der Waals surface area (Å²) in [6.07, 6.45) is 0.877. The van der Waals surface area contributed by atoms with Crippen LogP contribution < -0.4 is 20.1 Å². The summed E-state index contributed by atoms with van der Waals surface area (Å²) in [7, 11) is 7.45. The van der Waals surface area contributed by atoms with Crippen molar-refractivity contribution < 1.29 is 9.47 Å². The first kappa shape index (κ1) is 24.8. The van der Waals surface area contributed by atoms with E-state index in [0.29, 0.717) is 0 Å². The van der Waals surface area contributed by atoms with Crippen LogP contribution >= 0.6 is 24.0 Å². The molecule has 0 spiro atoms. The van der Waals surface area contributed by atoms with Crippen LogP contribution in [0.4, 0.5) is 0 Å². The summed E-state index contributed by atoms with van der Waals surface area (Å²) in [5.74, 6) is 2.35. The van der Waals surface area contributed by atoms with E-state index < -0.39 is 0 Å². The largest absolute Gasteiger partial charge is 0.493 e. The monoisotopic (exact) mass is 478 g/mol. The Kier molecular flexibility index (Phi) is 11.6. The number of aliphatic imine (C=N–C) groups is 1. The zero-order valence-corrected chi connectivity index (χ0v) is 19.5. The molecule has 2 N–H and O–H groups in total. The van der Waals surface area contributed by atoms with E-state index in [9.17, 15) is 0 Å². The quantitative estimate of drug-likeness (QED) is 0.325. The third-order valence-electron chi connectivity index (χ3n) is 4.33. The minimum atomic E-state index is 0. The predicted octanol–water partition coefficient (Wildman–Crippen LogP) is 2.76. The molecule has 0 unspecified atom stereocenters. The van der Waals surface area contributed by atoms with Crippen LogP contribution in [0.15, 0.2) is 23.2 Å². The highest BCUT2D eigenvalue weighted by atomic mass is 127. The summed E-state index contributed by atoms with van der Waals surface area (Å²) in [5.41, 5.74) is 1.21. The molecule has 0 aliphatic heterocycles. The van der Waals surface area contributed by atoms with E-state index in [4.69, 9.17) is 14.5 Å². The molecule has 0 atom stereocenters. The molecule has 0 fully saturated rings. The minimum absolute atomic E-state index is 0. The Bertz CT molecular complexity index is 562. The number of likely N-dealkylation sites (N-methyl/N-ethyl adjacent to an activating group) is 1. The predicted molar refractivity (Wildman–Crippen MR) is 120 cm³/mol. The number of ether oxygens (including phenoxy) is 2. The highest BCUT2D eigenvalue weighted by molar-refractivity contribution is 14.0. The topological polar surface area (TPSA) is 58.1 Å². The molecule has 0 heterocycles. The van der Waals surface area contributed by atoms with E-state index in [0.717, 1.165) is 43.5 Å². The summed E-state index contributed by atoms with van der Waals surface area (Å²) in [6.45, 7) is 8.80. The number of nitrogens with zero attached hydrogens (tertiary/aromatic N) is 2. The first-order chi connectivity index (χ1) is 11.8. The summed E-state index contributed by atoms with van der Waals surface area (Å²) >= 11 is 0. The highest BCUT2D eigenvalue weighted by Gasteiger charge is 2.19. The van der Waals surface area contributed by atoms with Crippen LogP contribution in [0, 0.1) is 0 Å². The maximum Gasteiger partial charge on any atom is 0.191 e. The first-order valence-corrected chi connectivity index (χ1v) is 8.74. The molecular formula is C19H35IN4O2. The first-order valence-electron chi connectivity index (χ1n) is 8.74. The Labute approximate surface area is 175 Å². The second-order valence-corrected chi connectivity index (χ2v) is 6.77. The number of nitrogens with one attached hydrogen (secondary N) is 2. The number of hydrogen-bond acceptors (Lipinski definition) is 4. The van der Waals surface area contributed by atoms with Crippen molar-refractivity contribution in [2.75, 3.05) is 47.9 Å². The van der Waals surface area contributed by atoms with Crippen LogP contribution in [0.1, 0.15) is 26.3 Å². The van der Waals surface area contributed by atoms with Crippen LogP contribution in [0.3, 0.4) is 0 Å². The normalized spacial score (nSPS) is 11.8. The van der Waals surface area contributed by atoms with Gasteiger partial charge in [0.2, 0.25) is 0 Å². The van der Waals surface area contributed by atoms with Crippen LogP contribution in [0.2, 0.25) is 0 Å². The second-order valence-electron chi connectivity index (χ2n) is 6.77. The zero-order chi connectivity index (χ0) is 18.9. The van der Waals surface area contributed by atoms with Gasteiger partial charge in [-0.05, 0) is 59.0 Å². The lowest BCUT2D eigenvalue weighted by atomic mass is 10.1. The van der Waals surface area contributed by atoms with Crippen molar-refractivity contribution in [1.29, 1.82) is 0 Å². The molecule has 6 nitrogen and oxygen atoms in total. The van der Waals surface area contributed by atoms with Crippen LogP contribution in [-0.2, 0) is 6.42 Å². The van der Waals surface area contributed by atoms with Crippen LogP contribution in [0.25, 0.3) is 0 Å². The zero-order valence-electron chi connectivity index (χ0n) is 17.2. The molecule has 0 aliphatic rings. The van der Waals surface area contributed by atoms with Gasteiger partial charge in [0, 0.05) is 18.6 Å². The van der Waals surface area contributed by atoms with Gasteiger partial charge in [0.15, 0.2) is 17.5 Å². The molecule has 7 heteroatoms. The van der Waals surface area contributed by atoms with E-state index in [1.54, 1.807) is 14.2 Å². The Morgan fingerprint density at radius 2 is 1.77 bits per heavy atom. The third kappa shape index (κ3) is 7.99. The summed E-state index contributed by atoms with van der Waals surface area (Å²) in [5, 5.41) is 6.69. The van der Waals surface area contributed by atoms with E-state index in [1.165, 1.54) is 5.56 Å². The molecule has 0 radical (unpaired) electrons. The number of halogens is 1. The van der Waals surface area contributed by atoms with E-state index in [2.05, 4.69) is 56.5 Å². The lowest BCUT2D eigenvalue weighted by Gasteiger charge is -2.31. The Morgan fingerprint density at radius 3 is 2.31 bits per heavy atom. The fourth-order valence-corrected chi connectivity index (χ4v) is 2.12. The maximum atomic E-state index is 5.36. The van der Waals surface area contributed by atoms with Gasteiger partial charge in [-0.1, -0.05) is 6.07 Å². The van der Waals surface area contributed by atoms with Crippen molar-refractivity contribution in [3.8, 4) is 11.5 Å².